The lowest BCUT2D eigenvalue weighted by molar-refractivity contribution is 0.477. The molecule has 1 heterocycles. The maximum atomic E-state index is 10.3. The Labute approximate surface area is 147 Å². The largest absolute Gasteiger partial charge is 0.507 e. The Morgan fingerprint density at radius 1 is 1.08 bits per heavy atom. The highest BCUT2D eigenvalue weighted by Crippen LogP contribution is 2.32. The van der Waals surface area contributed by atoms with Crippen molar-refractivity contribution in [3.8, 4) is 28.3 Å². The van der Waals surface area contributed by atoms with E-state index in [9.17, 15) is 5.11 Å². The van der Waals surface area contributed by atoms with Gasteiger partial charge in [0.15, 0.2) is 5.82 Å². The summed E-state index contributed by atoms with van der Waals surface area (Å²) in [6.45, 7) is 2.69. The van der Waals surface area contributed by atoms with E-state index in [2.05, 4.69) is 15.3 Å². The van der Waals surface area contributed by atoms with Crippen LogP contribution in [0.15, 0.2) is 60.8 Å². The summed E-state index contributed by atoms with van der Waals surface area (Å²) in [5, 5.41) is 13.5. The minimum Gasteiger partial charge on any atom is -0.507 e. The molecule has 0 aliphatic rings. The number of aromatic nitrogens is 2. The van der Waals surface area contributed by atoms with Crippen LogP contribution in [0.2, 0.25) is 0 Å². The first-order valence-electron chi connectivity index (χ1n) is 8.38. The van der Waals surface area contributed by atoms with Gasteiger partial charge >= 0.3 is 0 Å². The van der Waals surface area contributed by atoms with E-state index in [-0.39, 0.29) is 11.8 Å². The van der Waals surface area contributed by atoms with Gasteiger partial charge in [-0.2, -0.15) is 0 Å². The van der Waals surface area contributed by atoms with Gasteiger partial charge in [-0.3, -0.25) is 0 Å². The summed E-state index contributed by atoms with van der Waals surface area (Å²) >= 11 is 0. The number of anilines is 1. The first-order chi connectivity index (χ1) is 12.2. The maximum Gasteiger partial charge on any atom is 0.165 e. The van der Waals surface area contributed by atoms with Gasteiger partial charge in [0.25, 0.3) is 0 Å². The van der Waals surface area contributed by atoms with Crippen molar-refractivity contribution >= 4 is 5.82 Å². The standard InChI is InChI=1S/C20H22N4O/c1-2-16(21)13-23-19-10-11-22-20(24-19)17-12-15(8-9-18(17)25)14-6-4-3-5-7-14/h3-12,16,25H,2,13,21H2,1H3,(H,22,23,24)/t16-/m0/s1. The molecule has 4 N–H and O–H groups in total. The topological polar surface area (TPSA) is 84.1 Å². The molecule has 3 rings (SSSR count). The van der Waals surface area contributed by atoms with E-state index in [0.717, 1.165) is 17.5 Å². The molecule has 0 amide bonds. The van der Waals surface area contributed by atoms with Crippen molar-refractivity contribution in [3.63, 3.8) is 0 Å². The fraction of sp³-hybridized carbons (Fsp3) is 0.200. The Morgan fingerprint density at radius 2 is 1.88 bits per heavy atom. The Hall–Kier alpha value is -2.92. The van der Waals surface area contributed by atoms with Crippen LogP contribution in [0.5, 0.6) is 5.75 Å². The van der Waals surface area contributed by atoms with Gasteiger partial charge in [0.05, 0.1) is 5.56 Å². The zero-order valence-corrected chi connectivity index (χ0v) is 14.2. The fourth-order valence-electron chi connectivity index (χ4n) is 2.49. The molecule has 25 heavy (non-hydrogen) atoms. The lowest BCUT2D eigenvalue weighted by Gasteiger charge is -2.12. The molecule has 1 atom stereocenters. The van der Waals surface area contributed by atoms with E-state index >= 15 is 0 Å². The molecule has 0 radical (unpaired) electrons. The average Bonchev–Trinajstić information content (AvgIpc) is 2.67. The van der Waals surface area contributed by atoms with E-state index in [0.29, 0.717) is 23.8 Å². The predicted octanol–water partition coefficient (Wildman–Crippen LogP) is 3.67. The summed E-state index contributed by atoms with van der Waals surface area (Å²) in [5.74, 6) is 1.32. The van der Waals surface area contributed by atoms with Crippen LogP contribution in [-0.4, -0.2) is 27.7 Å². The molecule has 0 aliphatic heterocycles. The Balaban J connectivity index is 1.91. The van der Waals surface area contributed by atoms with Crippen LogP contribution in [0.1, 0.15) is 13.3 Å². The minimum absolute atomic E-state index is 0.0771. The molecular formula is C20H22N4O. The molecule has 5 heteroatoms. The van der Waals surface area contributed by atoms with Crippen LogP contribution >= 0.6 is 0 Å². The summed E-state index contributed by atoms with van der Waals surface area (Å²) < 4.78 is 0. The van der Waals surface area contributed by atoms with Crippen LogP contribution in [0, 0.1) is 0 Å². The molecule has 0 aliphatic carbocycles. The number of phenolic OH excluding ortho intramolecular Hbond substituents is 1. The number of hydrogen-bond acceptors (Lipinski definition) is 5. The number of nitrogens with two attached hydrogens (primary N) is 1. The SMILES string of the molecule is CC[C@H](N)CNc1ccnc(-c2cc(-c3ccccc3)ccc2O)n1. The monoisotopic (exact) mass is 334 g/mol. The Morgan fingerprint density at radius 3 is 2.64 bits per heavy atom. The molecule has 0 saturated heterocycles. The van der Waals surface area contributed by atoms with Crippen molar-refractivity contribution in [2.75, 3.05) is 11.9 Å². The van der Waals surface area contributed by atoms with Crippen molar-refractivity contribution in [2.24, 2.45) is 5.73 Å². The lowest BCUT2D eigenvalue weighted by Crippen LogP contribution is -2.28. The van der Waals surface area contributed by atoms with Crippen molar-refractivity contribution in [3.05, 3.63) is 60.8 Å². The van der Waals surface area contributed by atoms with E-state index in [1.165, 1.54) is 0 Å². The number of phenols is 1. The molecule has 1 aromatic heterocycles. The highest BCUT2D eigenvalue weighted by Gasteiger charge is 2.10. The van der Waals surface area contributed by atoms with Gasteiger partial charge in [0, 0.05) is 18.8 Å². The van der Waals surface area contributed by atoms with Crippen molar-refractivity contribution in [1.29, 1.82) is 0 Å². The van der Waals surface area contributed by atoms with Gasteiger partial charge in [-0.15, -0.1) is 0 Å². The van der Waals surface area contributed by atoms with Crippen LogP contribution < -0.4 is 11.1 Å². The summed E-state index contributed by atoms with van der Waals surface area (Å²) in [5.41, 5.74) is 8.61. The zero-order valence-electron chi connectivity index (χ0n) is 14.2. The Bertz CT molecular complexity index is 836. The highest BCUT2D eigenvalue weighted by molar-refractivity contribution is 5.74. The number of benzene rings is 2. The third-order valence-corrected chi connectivity index (χ3v) is 4.07. The summed E-state index contributed by atoms with van der Waals surface area (Å²) in [7, 11) is 0. The third-order valence-electron chi connectivity index (χ3n) is 4.07. The number of rotatable bonds is 6. The third kappa shape index (κ3) is 4.14. The highest BCUT2D eigenvalue weighted by atomic mass is 16.3. The number of hydrogen-bond donors (Lipinski definition) is 3. The van der Waals surface area contributed by atoms with Crippen LogP contribution in [0.25, 0.3) is 22.5 Å². The van der Waals surface area contributed by atoms with Gasteiger partial charge in [-0.25, -0.2) is 9.97 Å². The smallest absolute Gasteiger partial charge is 0.165 e. The summed E-state index contributed by atoms with van der Waals surface area (Å²) in [4.78, 5) is 8.82. The van der Waals surface area contributed by atoms with Crippen molar-refractivity contribution < 1.29 is 5.11 Å². The van der Waals surface area contributed by atoms with Crippen molar-refractivity contribution in [1.82, 2.24) is 9.97 Å². The molecule has 0 spiro atoms. The molecule has 0 bridgehead atoms. The molecule has 0 saturated carbocycles. The van der Waals surface area contributed by atoms with E-state index < -0.39 is 0 Å². The quantitative estimate of drug-likeness (QED) is 0.640. The molecule has 3 aromatic rings. The number of aromatic hydroxyl groups is 1. The molecule has 128 valence electrons. The fourth-order valence-corrected chi connectivity index (χ4v) is 2.49. The van der Waals surface area contributed by atoms with Gasteiger partial charge in [-0.1, -0.05) is 43.3 Å². The van der Waals surface area contributed by atoms with Crippen LogP contribution in [0.3, 0.4) is 0 Å². The van der Waals surface area contributed by atoms with Crippen molar-refractivity contribution in [2.45, 2.75) is 19.4 Å². The van der Waals surface area contributed by atoms with E-state index in [1.54, 1.807) is 18.3 Å². The number of nitrogens with zero attached hydrogens (tertiary/aromatic N) is 2. The molecule has 0 fully saturated rings. The molecule has 5 nitrogen and oxygen atoms in total. The normalized spacial score (nSPS) is 11.9. The number of nitrogens with one attached hydrogen (secondary N) is 1. The Kier molecular flexibility index (Phi) is 5.26. The second-order valence-corrected chi connectivity index (χ2v) is 5.91. The van der Waals surface area contributed by atoms with Gasteiger partial charge in [0.1, 0.15) is 11.6 Å². The lowest BCUT2D eigenvalue weighted by atomic mass is 10.0. The zero-order chi connectivity index (χ0) is 17.6. The first kappa shape index (κ1) is 16.9. The van der Waals surface area contributed by atoms with E-state index in [1.807, 2.05) is 49.4 Å². The molecular weight excluding hydrogens is 312 g/mol. The van der Waals surface area contributed by atoms with Crippen LogP contribution in [-0.2, 0) is 0 Å². The van der Waals surface area contributed by atoms with E-state index in [4.69, 9.17) is 5.73 Å². The molecule has 0 unspecified atom stereocenters. The minimum atomic E-state index is 0.0771. The second-order valence-electron chi connectivity index (χ2n) is 5.91. The predicted molar refractivity (Wildman–Crippen MR) is 101 cm³/mol. The first-order valence-corrected chi connectivity index (χ1v) is 8.38. The van der Waals surface area contributed by atoms with Crippen LogP contribution in [0.4, 0.5) is 5.82 Å². The van der Waals surface area contributed by atoms with Gasteiger partial charge in [-0.05, 0) is 35.7 Å². The van der Waals surface area contributed by atoms with Gasteiger partial charge in [0.2, 0.25) is 0 Å². The summed E-state index contributed by atoms with van der Waals surface area (Å²) in [6, 6.07) is 17.3. The molecule has 2 aromatic carbocycles. The summed E-state index contributed by atoms with van der Waals surface area (Å²) in [6.07, 6.45) is 2.57. The second kappa shape index (κ2) is 7.77. The van der Waals surface area contributed by atoms with Gasteiger partial charge < -0.3 is 16.2 Å². The average molecular weight is 334 g/mol. The maximum absolute atomic E-state index is 10.3.